The molecule has 1 aliphatic heterocycles. The highest BCUT2D eigenvalue weighted by Gasteiger charge is 2.29. The molecule has 3 rings (SSSR count). The van der Waals surface area contributed by atoms with Gasteiger partial charge < -0.3 is 10.5 Å². The second-order valence-corrected chi connectivity index (χ2v) is 6.13. The SMILES string of the molecule is Nc1nc2c(ncn2[C@H]2CC[C@@H](CNS(=O)(=O)O)O2)c(=O)[nH]1. The number of imidazole rings is 1. The van der Waals surface area contributed by atoms with Crippen molar-refractivity contribution in [3.63, 3.8) is 0 Å². The Bertz CT molecular complexity index is 858. The maximum absolute atomic E-state index is 11.7. The smallest absolute Gasteiger partial charge is 0.333 e. The quantitative estimate of drug-likeness (QED) is 0.506. The van der Waals surface area contributed by atoms with E-state index < -0.39 is 28.2 Å². The van der Waals surface area contributed by atoms with E-state index in [-0.39, 0.29) is 18.0 Å². The fourth-order valence-electron chi connectivity index (χ4n) is 2.39. The van der Waals surface area contributed by atoms with Crippen molar-refractivity contribution in [2.24, 2.45) is 0 Å². The lowest BCUT2D eigenvalue weighted by molar-refractivity contribution is 0.00691. The van der Waals surface area contributed by atoms with Gasteiger partial charge in [0.2, 0.25) is 5.95 Å². The lowest BCUT2D eigenvalue weighted by atomic mass is 10.2. The fourth-order valence-corrected chi connectivity index (χ4v) is 2.79. The predicted molar refractivity (Wildman–Crippen MR) is 75.3 cm³/mol. The van der Waals surface area contributed by atoms with Gasteiger partial charge in [-0.3, -0.25) is 18.9 Å². The molecule has 5 N–H and O–H groups in total. The molecule has 1 saturated heterocycles. The number of hydrogen-bond donors (Lipinski definition) is 4. The standard InChI is InChI=1S/C10H14N6O5S/c11-10-14-8-7(9(17)15-10)12-4-16(8)6-2-1-5(21-6)3-13-22(18,19)20/h4-6,13H,1-3H2,(H,18,19,20)(H3,11,14,15,17)/t5-,6+/m0/s1. The number of rotatable bonds is 4. The number of aromatic amines is 1. The van der Waals surface area contributed by atoms with Crippen molar-refractivity contribution in [3.8, 4) is 0 Å². The van der Waals surface area contributed by atoms with Crippen LogP contribution in [-0.4, -0.2) is 45.1 Å². The number of anilines is 1. The fraction of sp³-hybridized carbons (Fsp3) is 0.500. The Morgan fingerprint density at radius 3 is 3.05 bits per heavy atom. The van der Waals surface area contributed by atoms with Gasteiger partial charge in [-0.05, 0) is 12.8 Å². The molecule has 2 aromatic heterocycles. The minimum atomic E-state index is -4.25. The number of fused-ring (bicyclic) bond motifs is 1. The first-order valence-electron chi connectivity index (χ1n) is 6.43. The summed E-state index contributed by atoms with van der Waals surface area (Å²) in [7, 11) is -4.25. The van der Waals surface area contributed by atoms with Crippen molar-refractivity contribution >= 4 is 27.4 Å². The van der Waals surface area contributed by atoms with E-state index in [4.69, 9.17) is 15.0 Å². The zero-order chi connectivity index (χ0) is 15.9. The van der Waals surface area contributed by atoms with Crippen molar-refractivity contribution < 1.29 is 17.7 Å². The van der Waals surface area contributed by atoms with Gasteiger partial charge in [0.1, 0.15) is 6.23 Å². The molecule has 2 aromatic rings. The van der Waals surface area contributed by atoms with E-state index in [2.05, 4.69) is 15.0 Å². The Labute approximate surface area is 124 Å². The number of nitrogens with zero attached hydrogens (tertiary/aromatic N) is 3. The Morgan fingerprint density at radius 1 is 1.55 bits per heavy atom. The summed E-state index contributed by atoms with van der Waals surface area (Å²) in [4.78, 5) is 22.1. The van der Waals surface area contributed by atoms with Gasteiger partial charge in [0, 0.05) is 6.54 Å². The van der Waals surface area contributed by atoms with Crippen LogP contribution in [0.25, 0.3) is 11.2 Å². The van der Waals surface area contributed by atoms with Crippen LogP contribution in [0.3, 0.4) is 0 Å². The lowest BCUT2D eigenvalue weighted by Gasteiger charge is -2.15. The van der Waals surface area contributed by atoms with E-state index >= 15 is 0 Å². The van der Waals surface area contributed by atoms with E-state index in [9.17, 15) is 13.2 Å². The topological polar surface area (TPSA) is 165 Å². The second-order valence-electron chi connectivity index (χ2n) is 4.89. The van der Waals surface area contributed by atoms with Crippen molar-refractivity contribution in [1.29, 1.82) is 0 Å². The first kappa shape index (κ1) is 14.9. The van der Waals surface area contributed by atoms with Gasteiger partial charge in [-0.15, -0.1) is 0 Å². The maximum atomic E-state index is 11.7. The van der Waals surface area contributed by atoms with Gasteiger partial charge in [-0.1, -0.05) is 0 Å². The van der Waals surface area contributed by atoms with Crippen LogP contribution in [0.15, 0.2) is 11.1 Å². The summed E-state index contributed by atoms with van der Waals surface area (Å²) in [5, 5.41) is 0. The van der Waals surface area contributed by atoms with Crippen molar-refractivity contribution in [2.75, 3.05) is 12.3 Å². The van der Waals surface area contributed by atoms with Crippen molar-refractivity contribution in [3.05, 3.63) is 16.7 Å². The van der Waals surface area contributed by atoms with E-state index in [1.165, 1.54) is 6.33 Å². The Kier molecular flexibility index (Phi) is 3.60. The largest absolute Gasteiger partial charge is 0.369 e. The molecule has 1 aliphatic rings. The molecule has 0 amide bonds. The molecule has 120 valence electrons. The normalized spacial score (nSPS) is 22.4. The van der Waals surface area contributed by atoms with Crippen LogP contribution in [0, 0.1) is 0 Å². The van der Waals surface area contributed by atoms with Gasteiger partial charge in [0.25, 0.3) is 5.56 Å². The molecule has 0 aromatic carbocycles. The molecule has 0 radical (unpaired) electrons. The highest BCUT2D eigenvalue weighted by Crippen LogP contribution is 2.29. The molecule has 0 saturated carbocycles. The van der Waals surface area contributed by atoms with Crippen LogP contribution in [0.1, 0.15) is 19.1 Å². The van der Waals surface area contributed by atoms with Crippen molar-refractivity contribution in [2.45, 2.75) is 25.2 Å². The van der Waals surface area contributed by atoms with Crippen LogP contribution < -0.4 is 16.0 Å². The monoisotopic (exact) mass is 330 g/mol. The zero-order valence-electron chi connectivity index (χ0n) is 11.3. The van der Waals surface area contributed by atoms with E-state index in [0.29, 0.717) is 18.5 Å². The first-order valence-corrected chi connectivity index (χ1v) is 7.87. The number of ether oxygens (including phenoxy) is 1. The summed E-state index contributed by atoms with van der Waals surface area (Å²) in [5.41, 5.74) is 5.53. The Balaban J connectivity index is 1.80. The van der Waals surface area contributed by atoms with Crippen LogP contribution in [0.5, 0.6) is 0 Å². The molecule has 0 spiro atoms. The van der Waals surface area contributed by atoms with Gasteiger partial charge in [0.15, 0.2) is 11.2 Å². The molecule has 22 heavy (non-hydrogen) atoms. The number of nitrogen functional groups attached to an aromatic ring is 1. The molecule has 1 fully saturated rings. The van der Waals surface area contributed by atoms with Crippen molar-refractivity contribution in [1.82, 2.24) is 24.2 Å². The van der Waals surface area contributed by atoms with Crippen LogP contribution in [-0.2, 0) is 15.0 Å². The second kappa shape index (κ2) is 5.31. The summed E-state index contributed by atoms with van der Waals surface area (Å²) in [5.74, 6) is -0.0261. The number of nitrogens with two attached hydrogens (primary N) is 1. The number of hydrogen-bond acceptors (Lipinski definition) is 7. The van der Waals surface area contributed by atoms with Gasteiger partial charge in [-0.2, -0.15) is 18.1 Å². The zero-order valence-corrected chi connectivity index (χ0v) is 12.1. The van der Waals surface area contributed by atoms with Gasteiger partial charge in [-0.25, -0.2) is 4.98 Å². The lowest BCUT2D eigenvalue weighted by Crippen LogP contribution is -2.31. The third-order valence-corrected chi connectivity index (χ3v) is 3.87. The molecule has 11 nitrogen and oxygen atoms in total. The predicted octanol–water partition coefficient (Wildman–Crippen LogP) is -1.23. The molecule has 3 heterocycles. The summed E-state index contributed by atoms with van der Waals surface area (Å²) < 4.78 is 39.2. The van der Waals surface area contributed by atoms with E-state index in [0.717, 1.165) is 0 Å². The van der Waals surface area contributed by atoms with Gasteiger partial charge >= 0.3 is 10.3 Å². The molecule has 0 unspecified atom stereocenters. The molecular weight excluding hydrogens is 316 g/mol. The third kappa shape index (κ3) is 2.94. The molecule has 12 heteroatoms. The summed E-state index contributed by atoms with van der Waals surface area (Å²) in [6, 6.07) is 0. The summed E-state index contributed by atoms with van der Waals surface area (Å²) in [6.45, 7) is -0.0435. The molecule has 2 atom stereocenters. The minimum Gasteiger partial charge on any atom is -0.369 e. The Hall–Kier alpha value is -2.02. The number of aromatic nitrogens is 4. The maximum Gasteiger partial charge on any atom is 0.333 e. The van der Waals surface area contributed by atoms with Gasteiger partial charge in [0.05, 0.1) is 12.4 Å². The van der Waals surface area contributed by atoms with Crippen LogP contribution in [0.2, 0.25) is 0 Å². The molecule has 0 aliphatic carbocycles. The van der Waals surface area contributed by atoms with E-state index in [1.54, 1.807) is 4.57 Å². The average molecular weight is 330 g/mol. The number of nitrogens with one attached hydrogen (secondary N) is 2. The highest BCUT2D eigenvalue weighted by atomic mass is 32.2. The van der Waals surface area contributed by atoms with Crippen LogP contribution >= 0.6 is 0 Å². The molecular formula is C10H14N6O5S. The van der Waals surface area contributed by atoms with Crippen LogP contribution in [0.4, 0.5) is 5.95 Å². The molecule has 0 bridgehead atoms. The first-order chi connectivity index (χ1) is 10.3. The summed E-state index contributed by atoms with van der Waals surface area (Å²) in [6.07, 6.45) is 1.74. The van der Waals surface area contributed by atoms with E-state index in [1.807, 2.05) is 4.72 Å². The summed E-state index contributed by atoms with van der Waals surface area (Å²) >= 11 is 0. The highest BCUT2D eigenvalue weighted by molar-refractivity contribution is 7.83. The minimum absolute atomic E-state index is 0.0261. The third-order valence-electron chi connectivity index (χ3n) is 3.34. The average Bonchev–Trinajstić information content (AvgIpc) is 3.01. The Morgan fingerprint density at radius 2 is 2.32 bits per heavy atom. The number of H-pyrrole nitrogens is 1.